The lowest BCUT2D eigenvalue weighted by atomic mass is 10.1. The van der Waals surface area contributed by atoms with Crippen LogP contribution in [-0.2, 0) is 6.42 Å². The van der Waals surface area contributed by atoms with Gasteiger partial charge in [0.05, 0.1) is 12.1 Å². The molecule has 0 unspecified atom stereocenters. The predicted octanol–water partition coefficient (Wildman–Crippen LogP) is 2.12. The van der Waals surface area contributed by atoms with Crippen molar-refractivity contribution in [3.8, 4) is 6.07 Å². The van der Waals surface area contributed by atoms with Crippen LogP contribution < -0.4 is 10.6 Å². The number of carbonyl (C=O) groups is 1. The zero-order chi connectivity index (χ0) is 17.3. The Morgan fingerprint density at radius 2 is 2.21 bits per heavy atom. The van der Waals surface area contributed by atoms with E-state index >= 15 is 0 Å². The quantitative estimate of drug-likeness (QED) is 0.804. The van der Waals surface area contributed by atoms with E-state index in [2.05, 4.69) is 15.7 Å². The third-order valence-electron chi connectivity index (χ3n) is 4.10. The first-order valence-electron chi connectivity index (χ1n) is 7.82. The van der Waals surface area contributed by atoms with Gasteiger partial charge in [0.15, 0.2) is 5.82 Å². The van der Waals surface area contributed by atoms with Gasteiger partial charge in [-0.2, -0.15) is 10.4 Å². The number of benzene rings is 1. The summed E-state index contributed by atoms with van der Waals surface area (Å²) in [4.78, 5) is 12.3. The lowest BCUT2D eigenvalue weighted by molar-refractivity contribution is 0.144. The zero-order valence-electron chi connectivity index (χ0n) is 13.5. The number of fused-ring (bicyclic) bond motifs is 1. The van der Waals surface area contributed by atoms with Gasteiger partial charge in [-0.1, -0.05) is 24.3 Å². The van der Waals surface area contributed by atoms with Crippen molar-refractivity contribution in [2.45, 2.75) is 38.5 Å². The molecule has 0 saturated carbocycles. The van der Waals surface area contributed by atoms with Crippen LogP contribution in [0.1, 0.15) is 42.6 Å². The molecule has 2 aromatic rings. The maximum atomic E-state index is 12.3. The SMILES string of the molecule is CC(C)n1cc(C#N)c(NC(=O)N[C@H]2c3ccccc3C[C@H]2O)n1. The average molecular weight is 325 g/mol. The number of aliphatic hydroxyl groups excluding tert-OH is 1. The molecule has 0 bridgehead atoms. The Hall–Kier alpha value is -2.85. The number of aromatic nitrogens is 2. The fourth-order valence-electron chi connectivity index (χ4n) is 2.86. The van der Waals surface area contributed by atoms with E-state index in [0.717, 1.165) is 11.1 Å². The van der Waals surface area contributed by atoms with E-state index < -0.39 is 18.2 Å². The number of nitrogens with one attached hydrogen (secondary N) is 2. The summed E-state index contributed by atoms with van der Waals surface area (Å²) >= 11 is 0. The molecule has 1 aromatic carbocycles. The number of amides is 2. The third-order valence-corrected chi connectivity index (χ3v) is 4.10. The second kappa shape index (κ2) is 6.34. The van der Waals surface area contributed by atoms with Crippen molar-refractivity contribution in [2.24, 2.45) is 0 Å². The average Bonchev–Trinajstić information content (AvgIpc) is 3.09. The van der Waals surface area contributed by atoms with Gasteiger partial charge in [0.1, 0.15) is 11.6 Å². The normalized spacial score (nSPS) is 19.0. The predicted molar refractivity (Wildman–Crippen MR) is 88.4 cm³/mol. The molecule has 0 fully saturated rings. The Morgan fingerprint density at radius 3 is 2.92 bits per heavy atom. The number of rotatable bonds is 3. The number of hydrogen-bond acceptors (Lipinski definition) is 4. The molecule has 0 radical (unpaired) electrons. The van der Waals surface area contributed by atoms with Crippen LogP contribution in [0.4, 0.5) is 10.6 Å². The van der Waals surface area contributed by atoms with Crippen molar-refractivity contribution in [1.82, 2.24) is 15.1 Å². The summed E-state index contributed by atoms with van der Waals surface area (Å²) in [6, 6.07) is 8.75. The summed E-state index contributed by atoms with van der Waals surface area (Å²) in [5, 5.41) is 28.9. The highest BCUT2D eigenvalue weighted by atomic mass is 16.3. The van der Waals surface area contributed by atoms with Gasteiger partial charge >= 0.3 is 6.03 Å². The lowest BCUT2D eigenvalue weighted by Gasteiger charge is -2.18. The summed E-state index contributed by atoms with van der Waals surface area (Å²) in [5.41, 5.74) is 2.23. The van der Waals surface area contributed by atoms with Gasteiger partial charge in [-0.3, -0.25) is 10.00 Å². The second-order valence-electron chi connectivity index (χ2n) is 6.12. The fraction of sp³-hybridized carbons (Fsp3) is 0.353. The van der Waals surface area contributed by atoms with Crippen LogP contribution in [-0.4, -0.2) is 27.0 Å². The molecule has 124 valence electrons. The summed E-state index contributed by atoms with van der Waals surface area (Å²) in [7, 11) is 0. The Bertz CT molecular complexity index is 806. The number of nitriles is 1. The minimum atomic E-state index is -0.670. The van der Waals surface area contributed by atoms with Crippen molar-refractivity contribution in [1.29, 1.82) is 5.26 Å². The van der Waals surface area contributed by atoms with Crippen molar-refractivity contribution in [3.63, 3.8) is 0 Å². The molecule has 3 N–H and O–H groups in total. The highest BCUT2D eigenvalue weighted by molar-refractivity contribution is 5.89. The second-order valence-corrected chi connectivity index (χ2v) is 6.12. The highest BCUT2D eigenvalue weighted by Gasteiger charge is 2.32. The molecule has 0 saturated heterocycles. The van der Waals surface area contributed by atoms with E-state index in [0.29, 0.717) is 12.0 Å². The molecule has 1 heterocycles. The largest absolute Gasteiger partial charge is 0.390 e. The first-order chi connectivity index (χ1) is 11.5. The van der Waals surface area contributed by atoms with E-state index in [4.69, 9.17) is 5.26 Å². The molecule has 0 spiro atoms. The molecule has 1 aromatic heterocycles. The molecule has 2 amide bonds. The number of aliphatic hydroxyl groups is 1. The minimum Gasteiger partial charge on any atom is -0.390 e. The van der Waals surface area contributed by atoms with Gasteiger partial charge in [-0.25, -0.2) is 4.79 Å². The van der Waals surface area contributed by atoms with E-state index in [9.17, 15) is 9.90 Å². The molecule has 7 heteroatoms. The van der Waals surface area contributed by atoms with Crippen LogP contribution >= 0.6 is 0 Å². The summed E-state index contributed by atoms with van der Waals surface area (Å²) < 4.78 is 1.62. The highest BCUT2D eigenvalue weighted by Crippen LogP contribution is 2.31. The Labute approximate surface area is 139 Å². The summed E-state index contributed by atoms with van der Waals surface area (Å²) in [5.74, 6) is 0.212. The van der Waals surface area contributed by atoms with Gasteiger partial charge < -0.3 is 10.4 Å². The lowest BCUT2D eigenvalue weighted by Crippen LogP contribution is -2.37. The number of nitrogens with zero attached hydrogens (tertiary/aromatic N) is 3. The van der Waals surface area contributed by atoms with Gasteiger partial charge in [0.2, 0.25) is 0 Å². The third kappa shape index (κ3) is 2.96. The van der Waals surface area contributed by atoms with Crippen LogP contribution in [0.15, 0.2) is 30.5 Å². The van der Waals surface area contributed by atoms with Crippen LogP contribution in [0.3, 0.4) is 0 Å². The van der Waals surface area contributed by atoms with E-state index in [1.54, 1.807) is 10.9 Å². The van der Waals surface area contributed by atoms with Crippen LogP contribution in [0.25, 0.3) is 0 Å². The van der Waals surface area contributed by atoms with Crippen LogP contribution in [0.5, 0.6) is 0 Å². The standard InChI is InChI=1S/C17H19N5O2/c1-10(2)22-9-12(8-18)16(21-22)20-17(24)19-15-13-6-4-3-5-11(13)7-14(15)23/h3-6,9-10,14-15,23H,7H2,1-2H3,(H2,19,20,21,24)/t14-,15+/m1/s1. The summed E-state index contributed by atoms with van der Waals surface area (Å²) in [6.07, 6.45) is 1.43. The Kier molecular flexibility index (Phi) is 4.23. The van der Waals surface area contributed by atoms with Crippen molar-refractivity contribution < 1.29 is 9.90 Å². The molecule has 2 atom stereocenters. The van der Waals surface area contributed by atoms with E-state index in [-0.39, 0.29) is 11.9 Å². The van der Waals surface area contributed by atoms with Gasteiger partial charge in [0.25, 0.3) is 0 Å². The molecule has 1 aliphatic rings. The maximum absolute atomic E-state index is 12.3. The number of hydrogen-bond donors (Lipinski definition) is 3. The van der Waals surface area contributed by atoms with Crippen LogP contribution in [0.2, 0.25) is 0 Å². The van der Waals surface area contributed by atoms with E-state index in [1.165, 1.54) is 0 Å². The molecular formula is C17H19N5O2. The van der Waals surface area contributed by atoms with Crippen molar-refractivity contribution >= 4 is 11.8 Å². The van der Waals surface area contributed by atoms with Gasteiger partial charge in [0, 0.05) is 18.7 Å². The van der Waals surface area contributed by atoms with Gasteiger partial charge in [-0.05, 0) is 25.0 Å². The topological polar surface area (TPSA) is 103 Å². The number of urea groups is 1. The van der Waals surface area contributed by atoms with Crippen molar-refractivity contribution in [2.75, 3.05) is 5.32 Å². The zero-order valence-corrected chi connectivity index (χ0v) is 13.5. The molecular weight excluding hydrogens is 306 g/mol. The summed E-state index contributed by atoms with van der Waals surface area (Å²) in [6.45, 7) is 3.87. The number of carbonyl (C=O) groups excluding carboxylic acids is 1. The first-order valence-corrected chi connectivity index (χ1v) is 7.82. The smallest absolute Gasteiger partial charge is 0.321 e. The monoisotopic (exact) mass is 325 g/mol. The maximum Gasteiger partial charge on any atom is 0.321 e. The number of anilines is 1. The molecule has 24 heavy (non-hydrogen) atoms. The molecule has 1 aliphatic carbocycles. The molecule has 0 aliphatic heterocycles. The van der Waals surface area contributed by atoms with Crippen LogP contribution in [0, 0.1) is 11.3 Å². The van der Waals surface area contributed by atoms with Crippen molar-refractivity contribution in [3.05, 3.63) is 47.2 Å². The van der Waals surface area contributed by atoms with Gasteiger partial charge in [-0.15, -0.1) is 0 Å². The van der Waals surface area contributed by atoms with E-state index in [1.807, 2.05) is 44.2 Å². The Morgan fingerprint density at radius 1 is 1.46 bits per heavy atom. The minimum absolute atomic E-state index is 0.0826. The molecule has 3 rings (SSSR count). The fourth-order valence-corrected chi connectivity index (χ4v) is 2.86. The Balaban J connectivity index is 1.74. The first kappa shape index (κ1) is 16.0. The molecule has 7 nitrogen and oxygen atoms in total.